The molecule has 0 aliphatic heterocycles. The van der Waals surface area contributed by atoms with Crippen LogP contribution in [0.15, 0.2) is 24.3 Å². The first kappa shape index (κ1) is 14.9. The SMILES string of the molecule is Cc1ccccc1NCCC(=O)NC1CCC(C)CC1. The standard InChI is InChI=1S/C17H26N2O/c1-13-7-9-15(10-8-13)19-17(20)11-12-18-16-6-4-3-5-14(16)2/h3-6,13,15,18H,7-12H2,1-2H3,(H,19,20). The Labute approximate surface area is 122 Å². The van der Waals surface area contributed by atoms with Gasteiger partial charge in [0.2, 0.25) is 5.91 Å². The number of carbonyl (C=O) groups is 1. The number of anilines is 1. The van der Waals surface area contributed by atoms with Crippen LogP contribution in [0.4, 0.5) is 5.69 Å². The van der Waals surface area contributed by atoms with Crippen LogP contribution in [-0.2, 0) is 4.79 Å². The number of benzene rings is 1. The van der Waals surface area contributed by atoms with Gasteiger partial charge >= 0.3 is 0 Å². The minimum Gasteiger partial charge on any atom is -0.384 e. The smallest absolute Gasteiger partial charge is 0.221 e. The van der Waals surface area contributed by atoms with Crippen molar-refractivity contribution >= 4 is 11.6 Å². The van der Waals surface area contributed by atoms with Crippen LogP contribution in [0.5, 0.6) is 0 Å². The summed E-state index contributed by atoms with van der Waals surface area (Å²) in [5.41, 5.74) is 2.33. The summed E-state index contributed by atoms with van der Waals surface area (Å²) in [5, 5.41) is 6.49. The van der Waals surface area contributed by atoms with Gasteiger partial charge in [-0.2, -0.15) is 0 Å². The van der Waals surface area contributed by atoms with E-state index in [0.717, 1.165) is 24.4 Å². The Bertz CT molecular complexity index is 436. The number of aryl methyl sites for hydroxylation is 1. The Kier molecular flexibility index (Phi) is 5.45. The van der Waals surface area contributed by atoms with Crippen molar-refractivity contribution in [3.63, 3.8) is 0 Å². The highest BCUT2D eigenvalue weighted by Crippen LogP contribution is 2.23. The molecule has 2 N–H and O–H groups in total. The first-order valence-electron chi connectivity index (χ1n) is 7.74. The predicted octanol–water partition coefficient (Wildman–Crippen LogP) is 3.49. The summed E-state index contributed by atoms with van der Waals surface area (Å²) in [6.07, 6.45) is 5.30. The number of amides is 1. The van der Waals surface area contributed by atoms with Crippen molar-refractivity contribution in [1.82, 2.24) is 5.32 Å². The molecule has 0 spiro atoms. The molecule has 2 rings (SSSR count). The van der Waals surface area contributed by atoms with Crippen LogP contribution >= 0.6 is 0 Å². The van der Waals surface area contributed by atoms with Crippen LogP contribution in [0.3, 0.4) is 0 Å². The molecule has 3 heteroatoms. The van der Waals surface area contributed by atoms with Gasteiger partial charge in [0, 0.05) is 24.7 Å². The fraction of sp³-hybridized carbons (Fsp3) is 0.588. The van der Waals surface area contributed by atoms with Crippen molar-refractivity contribution in [2.75, 3.05) is 11.9 Å². The maximum Gasteiger partial charge on any atom is 0.221 e. The van der Waals surface area contributed by atoms with E-state index in [-0.39, 0.29) is 5.91 Å². The van der Waals surface area contributed by atoms with Crippen LogP contribution in [0.1, 0.15) is 44.6 Å². The highest BCUT2D eigenvalue weighted by Gasteiger charge is 2.19. The molecule has 1 fully saturated rings. The second kappa shape index (κ2) is 7.32. The lowest BCUT2D eigenvalue weighted by Crippen LogP contribution is -2.38. The van der Waals surface area contributed by atoms with E-state index in [0.29, 0.717) is 19.0 Å². The third kappa shape index (κ3) is 4.55. The van der Waals surface area contributed by atoms with Gasteiger partial charge in [-0.15, -0.1) is 0 Å². The van der Waals surface area contributed by atoms with Crippen molar-refractivity contribution in [2.24, 2.45) is 5.92 Å². The Morgan fingerprint density at radius 1 is 1.20 bits per heavy atom. The normalized spacial score (nSPS) is 22.3. The fourth-order valence-electron chi connectivity index (χ4n) is 2.79. The Hall–Kier alpha value is -1.51. The summed E-state index contributed by atoms with van der Waals surface area (Å²) in [5.74, 6) is 0.997. The van der Waals surface area contributed by atoms with Crippen LogP contribution in [-0.4, -0.2) is 18.5 Å². The Morgan fingerprint density at radius 2 is 1.90 bits per heavy atom. The number of rotatable bonds is 5. The largest absolute Gasteiger partial charge is 0.384 e. The lowest BCUT2D eigenvalue weighted by Gasteiger charge is -2.26. The number of carbonyl (C=O) groups excluding carboxylic acids is 1. The topological polar surface area (TPSA) is 41.1 Å². The highest BCUT2D eigenvalue weighted by atomic mass is 16.1. The van der Waals surface area contributed by atoms with Gasteiger partial charge in [-0.3, -0.25) is 4.79 Å². The maximum atomic E-state index is 11.9. The van der Waals surface area contributed by atoms with E-state index in [4.69, 9.17) is 0 Å². The van der Waals surface area contributed by atoms with Crippen molar-refractivity contribution in [3.8, 4) is 0 Å². The molecule has 0 radical (unpaired) electrons. The van der Waals surface area contributed by atoms with Crippen LogP contribution in [0, 0.1) is 12.8 Å². The van der Waals surface area contributed by atoms with Gasteiger partial charge in [-0.1, -0.05) is 25.1 Å². The van der Waals surface area contributed by atoms with Gasteiger partial charge in [-0.05, 0) is 50.2 Å². The lowest BCUT2D eigenvalue weighted by atomic mass is 9.87. The lowest BCUT2D eigenvalue weighted by molar-refractivity contribution is -0.121. The molecule has 20 heavy (non-hydrogen) atoms. The molecule has 1 aliphatic rings. The van der Waals surface area contributed by atoms with Gasteiger partial charge in [0.15, 0.2) is 0 Å². The van der Waals surface area contributed by atoms with Crippen molar-refractivity contribution < 1.29 is 4.79 Å². The molecule has 0 aromatic heterocycles. The maximum absolute atomic E-state index is 11.9. The predicted molar refractivity (Wildman–Crippen MR) is 83.8 cm³/mol. The third-order valence-electron chi connectivity index (χ3n) is 4.19. The zero-order chi connectivity index (χ0) is 14.4. The van der Waals surface area contributed by atoms with Gasteiger partial charge in [0.25, 0.3) is 0 Å². The zero-order valence-corrected chi connectivity index (χ0v) is 12.6. The number of nitrogens with one attached hydrogen (secondary N) is 2. The first-order valence-corrected chi connectivity index (χ1v) is 7.74. The highest BCUT2D eigenvalue weighted by molar-refractivity contribution is 5.76. The average molecular weight is 274 g/mol. The summed E-state index contributed by atoms with van der Waals surface area (Å²) in [6.45, 7) is 5.07. The van der Waals surface area contributed by atoms with Gasteiger partial charge < -0.3 is 10.6 Å². The van der Waals surface area contributed by atoms with E-state index < -0.39 is 0 Å². The zero-order valence-electron chi connectivity index (χ0n) is 12.6. The van der Waals surface area contributed by atoms with Crippen LogP contribution in [0.2, 0.25) is 0 Å². The summed E-state index contributed by atoms with van der Waals surface area (Å²) in [4.78, 5) is 11.9. The second-order valence-electron chi connectivity index (χ2n) is 6.02. The molecule has 0 bridgehead atoms. The van der Waals surface area contributed by atoms with Gasteiger partial charge in [-0.25, -0.2) is 0 Å². The third-order valence-corrected chi connectivity index (χ3v) is 4.19. The Morgan fingerprint density at radius 3 is 2.60 bits per heavy atom. The molecule has 1 aromatic carbocycles. The molecule has 1 aliphatic carbocycles. The molecule has 1 aromatic rings. The van der Waals surface area contributed by atoms with E-state index in [9.17, 15) is 4.79 Å². The van der Waals surface area contributed by atoms with E-state index in [1.165, 1.54) is 18.4 Å². The second-order valence-corrected chi connectivity index (χ2v) is 6.02. The summed E-state index contributed by atoms with van der Waals surface area (Å²) >= 11 is 0. The quantitative estimate of drug-likeness (QED) is 0.863. The molecule has 1 saturated carbocycles. The Balaban J connectivity index is 1.67. The molecule has 0 atom stereocenters. The van der Waals surface area contributed by atoms with E-state index in [1.54, 1.807) is 0 Å². The van der Waals surface area contributed by atoms with E-state index in [1.807, 2.05) is 12.1 Å². The van der Waals surface area contributed by atoms with Gasteiger partial charge in [0.05, 0.1) is 0 Å². The minimum atomic E-state index is 0.172. The average Bonchev–Trinajstić information content (AvgIpc) is 2.43. The molecule has 0 unspecified atom stereocenters. The van der Waals surface area contributed by atoms with Crippen molar-refractivity contribution in [3.05, 3.63) is 29.8 Å². The van der Waals surface area contributed by atoms with E-state index >= 15 is 0 Å². The van der Waals surface area contributed by atoms with Crippen molar-refractivity contribution in [2.45, 2.75) is 52.0 Å². The molecule has 1 amide bonds. The molecule has 0 heterocycles. The monoisotopic (exact) mass is 274 g/mol. The molecular weight excluding hydrogens is 248 g/mol. The van der Waals surface area contributed by atoms with E-state index in [2.05, 4.69) is 36.6 Å². The molecule has 0 saturated heterocycles. The first-order chi connectivity index (χ1) is 9.65. The number of hydrogen-bond donors (Lipinski definition) is 2. The summed E-state index contributed by atoms with van der Waals surface area (Å²) in [7, 11) is 0. The molecule has 110 valence electrons. The van der Waals surface area contributed by atoms with Crippen LogP contribution < -0.4 is 10.6 Å². The van der Waals surface area contributed by atoms with Crippen molar-refractivity contribution in [1.29, 1.82) is 0 Å². The molecular formula is C17H26N2O. The van der Waals surface area contributed by atoms with Gasteiger partial charge in [0.1, 0.15) is 0 Å². The minimum absolute atomic E-state index is 0.172. The molecule has 3 nitrogen and oxygen atoms in total. The van der Waals surface area contributed by atoms with Crippen LogP contribution in [0.25, 0.3) is 0 Å². The fourth-order valence-corrected chi connectivity index (χ4v) is 2.79. The summed E-state index contributed by atoms with van der Waals surface area (Å²) < 4.78 is 0. The number of para-hydroxylation sites is 1. The number of hydrogen-bond acceptors (Lipinski definition) is 2. The summed E-state index contributed by atoms with van der Waals surface area (Å²) in [6, 6.07) is 8.56.